The van der Waals surface area contributed by atoms with Crippen molar-refractivity contribution in [3.05, 3.63) is 35.4 Å². The van der Waals surface area contributed by atoms with Gasteiger partial charge in [0.15, 0.2) is 11.6 Å². The highest BCUT2D eigenvalue weighted by Crippen LogP contribution is 2.21. The lowest BCUT2D eigenvalue weighted by atomic mass is 10.1. The predicted molar refractivity (Wildman–Crippen MR) is 72.8 cm³/mol. The molecule has 1 atom stereocenters. The standard InChI is InChI=1S/C14H18BrF2N/c15-9-12-4-2-1-3-7-18(12)10-11-5-6-13(16)14(17)8-11/h5-6,8,12H,1-4,7,9-10H2. The zero-order valence-electron chi connectivity index (χ0n) is 10.3. The van der Waals surface area contributed by atoms with E-state index in [1.165, 1.54) is 37.8 Å². The molecular weight excluding hydrogens is 300 g/mol. The molecule has 1 fully saturated rings. The number of benzene rings is 1. The van der Waals surface area contributed by atoms with Crippen LogP contribution in [-0.2, 0) is 6.54 Å². The van der Waals surface area contributed by atoms with Gasteiger partial charge in [-0.15, -0.1) is 0 Å². The Balaban J connectivity index is 2.07. The Labute approximate surface area is 115 Å². The average Bonchev–Trinajstić information content (AvgIpc) is 2.59. The normalized spacial score (nSPS) is 21.8. The molecule has 1 aliphatic rings. The molecule has 0 spiro atoms. The highest BCUT2D eigenvalue weighted by atomic mass is 79.9. The molecule has 0 N–H and O–H groups in total. The van der Waals surface area contributed by atoms with Crippen LogP contribution in [0, 0.1) is 11.6 Å². The van der Waals surface area contributed by atoms with Crippen LogP contribution in [0.2, 0.25) is 0 Å². The Morgan fingerprint density at radius 3 is 2.72 bits per heavy atom. The van der Waals surface area contributed by atoms with Crippen molar-refractivity contribution in [3.63, 3.8) is 0 Å². The van der Waals surface area contributed by atoms with Crippen LogP contribution >= 0.6 is 15.9 Å². The third-order valence-electron chi connectivity index (χ3n) is 3.55. The van der Waals surface area contributed by atoms with Crippen LogP contribution in [0.1, 0.15) is 31.2 Å². The topological polar surface area (TPSA) is 3.24 Å². The van der Waals surface area contributed by atoms with E-state index in [1.54, 1.807) is 6.07 Å². The van der Waals surface area contributed by atoms with E-state index >= 15 is 0 Å². The van der Waals surface area contributed by atoms with E-state index in [-0.39, 0.29) is 0 Å². The fraction of sp³-hybridized carbons (Fsp3) is 0.571. The first kappa shape index (κ1) is 13.9. The Hall–Kier alpha value is -0.480. The zero-order chi connectivity index (χ0) is 13.0. The highest BCUT2D eigenvalue weighted by molar-refractivity contribution is 9.09. The molecule has 1 saturated heterocycles. The number of nitrogens with zero attached hydrogens (tertiary/aromatic N) is 1. The maximum atomic E-state index is 13.2. The molecule has 0 aliphatic carbocycles. The molecule has 0 bridgehead atoms. The Morgan fingerprint density at radius 1 is 1.17 bits per heavy atom. The summed E-state index contributed by atoms with van der Waals surface area (Å²) < 4.78 is 26.1. The molecule has 2 rings (SSSR count). The molecule has 100 valence electrons. The van der Waals surface area contributed by atoms with Gasteiger partial charge in [0.2, 0.25) is 0 Å². The number of halogens is 3. The number of likely N-dealkylation sites (tertiary alicyclic amines) is 1. The molecule has 0 aromatic heterocycles. The Kier molecular flexibility index (Phi) is 5.13. The molecule has 1 nitrogen and oxygen atoms in total. The summed E-state index contributed by atoms with van der Waals surface area (Å²) in [6.07, 6.45) is 4.88. The van der Waals surface area contributed by atoms with Crippen molar-refractivity contribution in [1.82, 2.24) is 4.90 Å². The number of rotatable bonds is 3. The van der Waals surface area contributed by atoms with Crippen molar-refractivity contribution >= 4 is 15.9 Å². The second-order valence-corrected chi connectivity index (χ2v) is 5.52. The lowest BCUT2D eigenvalue weighted by Crippen LogP contribution is -2.35. The van der Waals surface area contributed by atoms with E-state index in [2.05, 4.69) is 20.8 Å². The van der Waals surface area contributed by atoms with Crippen molar-refractivity contribution < 1.29 is 8.78 Å². The van der Waals surface area contributed by atoms with Crippen molar-refractivity contribution in [1.29, 1.82) is 0 Å². The second kappa shape index (κ2) is 6.62. The van der Waals surface area contributed by atoms with Crippen LogP contribution in [0.5, 0.6) is 0 Å². The van der Waals surface area contributed by atoms with Crippen molar-refractivity contribution in [3.8, 4) is 0 Å². The largest absolute Gasteiger partial charge is 0.295 e. The minimum Gasteiger partial charge on any atom is -0.295 e. The van der Waals surface area contributed by atoms with Crippen LogP contribution < -0.4 is 0 Å². The fourth-order valence-electron chi connectivity index (χ4n) is 2.49. The molecular formula is C14H18BrF2N. The summed E-state index contributed by atoms with van der Waals surface area (Å²) in [5.41, 5.74) is 0.849. The first-order chi connectivity index (χ1) is 8.70. The van der Waals surface area contributed by atoms with Gasteiger partial charge in [0.05, 0.1) is 0 Å². The first-order valence-electron chi connectivity index (χ1n) is 6.44. The van der Waals surface area contributed by atoms with Crippen LogP contribution in [0.4, 0.5) is 8.78 Å². The summed E-state index contributed by atoms with van der Waals surface area (Å²) in [6.45, 7) is 1.74. The fourth-order valence-corrected chi connectivity index (χ4v) is 3.23. The van der Waals surface area contributed by atoms with Gasteiger partial charge in [-0.1, -0.05) is 34.8 Å². The Morgan fingerprint density at radius 2 is 2.00 bits per heavy atom. The lowest BCUT2D eigenvalue weighted by Gasteiger charge is -2.28. The molecule has 1 heterocycles. The van der Waals surface area contributed by atoms with E-state index < -0.39 is 11.6 Å². The predicted octanol–water partition coefficient (Wildman–Crippen LogP) is 4.10. The smallest absolute Gasteiger partial charge is 0.159 e. The van der Waals surface area contributed by atoms with E-state index in [4.69, 9.17) is 0 Å². The van der Waals surface area contributed by atoms with Gasteiger partial charge in [-0.25, -0.2) is 8.78 Å². The van der Waals surface area contributed by atoms with Crippen molar-refractivity contribution in [2.24, 2.45) is 0 Å². The quantitative estimate of drug-likeness (QED) is 0.758. The van der Waals surface area contributed by atoms with Crippen LogP contribution in [-0.4, -0.2) is 22.8 Å². The van der Waals surface area contributed by atoms with Gasteiger partial charge in [-0.2, -0.15) is 0 Å². The molecule has 0 amide bonds. The molecule has 4 heteroatoms. The average molecular weight is 318 g/mol. The molecule has 18 heavy (non-hydrogen) atoms. The third kappa shape index (κ3) is 3.51. The van der Waals surface area contributed by atoms with Gasteiger partial charge in [-0.3, -0.25) is 4.90 Å². The van der Waals surface area contributed by atoms with Gasteiger partial charge in [0, 0.05) is 17.9 Å². The van der Waals surface area contributed by atoms with Gasteiger partial charge < -0.3 is 0 Å². The van der Waals surface area contributed by atoms with Crippen molar-refractivity contribution in [2.75, 3.05) is 11.9 Å². The molecule has 0 saturated carbocycles. The molecule has 1 aromatic rings. The summed E-state index contributed by atoms with van der Waals surface area (Å²) in [7, 11) is 0. The van der Waals surface area contributed by atoms with Crippen LogP contribution in [0.25, 0.3) is 0 Å². The maximum absolute atomic E-state index is 13.2. The molecule has 1 aromatic carbocycles. The van der Waals surface area contributed by atoms with Gasteiger partial charge in [0.1, 0.15) is 0 Å². The number of alkyl halides is 1. The molecule has 1 unspecified atom stereocenters. The third-order valence-corrected chi connectivity index (χ3v) is 4.29. The monoisotopic (exact) mass is 317 g/mol. The van der Waals surface area contributed by atoms with Gasteiger partial charge in [-0.05, 0) is 37.1 Å². The summed E-state index contributed by atoms with van der Waals surface area (Å²) in [6, 6.07) is 4.70. The van der Waals surface area contributed by atoms with Crippen LogP contribution in [0.15, 0.2) is 18.2 Å². The van der Waals surface area contributed by atoms with E-state index in [0.29, 0.717) is 12.6 Å². The van der Waals surface area contributed by atoms with E-state index in [9.17, 15) is 8.78 Å². The minimum absolute atomic E-state index is 0.501. The summed E-state index contributed by atoms with van der Waals surface area (Å²) in [5.74, 6) is -1.52. The SMILES string of the molecule is Fc1ccc(CN2CCCCCC2CBr)cc1F. The highest BCUT2D eigenvalue weighted by Gasteiger charge is 2.20. The first-order valence-corrected chi connectivity index (χ1v) is 7.57. The number of hydrogen-bond donors (Lipinski definition) is 0. The van der Waals surface area contributed by atoms with E-state index in [0.717, 1.165) is 17.4 Å². The lowest BCUT2D eigenvalue weighted by molar-refractivity contribution is 0.209. The summed E-state index contributed by atoms with van der Waals surface area (Å²) >= 11 is 3.55. The van der Waals surface area contributed by atoms with Crippen molar-refractivity contribution in [2.45, 2.75) is 38.3 Å². The van der Waals surface area contributed by atoms with Crippen LogP contribution in [0.3, 0.4) is 0 Å². The zero-order valence-corrected chi connectivity index (χ0v) is 11.9. The summed E-state index contributed by atoms with van der Waals surface area (Å²) in [4.78, 5) is 2.37. The molecule has 1 aliphatic heterocycles. The maximum Gasteiger partial charge on any atom is 0.159 e. The Bertz CT molecular complexity index is 397. The summed E-state index contributed by atoms with van der Waals surface area (Å²) in [5, 5.41) is 0.941. The number of hydrogen-bond acceptors (Lipinski definition) is 1. The molecule has 0 radical (unpaired) electrons. The van der Waals surface area contributed by atoms with E-state index in [1.807, 2.05) is 0 Å². The van der Waals surface area contributed by atoms with Gasteiger partial charge in [0.25, 0.3) is 0 Å². The minimum atomic E-state index is -0.772. The second-order valence-electron chi connectivity index (χ2n) is 4.88. The van der Waals surface area contributed by atoms with Gasteiger partial charge >= 0.3 is 0 Å².